The van der Waals surface area contributed by atoms with Crippen molar-refractivity contribution in [3.63, 3.8) is 0 Å². The minimum Gasteiger partial charge on any atom is -0.384 e. The molecule has 0 aromatic heterocycles. The molecule has 0 heterocycles. The fourth-order valence-corrected chi connectivity index (χ4v) is 3.82. The van der Waals surface area contributed by atoms with Gasteiger partial charge in [0.05, 0.1) is 4.90 Å². The van der Waals surface area contributed by atoms with Crippen molar-refractivity contribution in [2.45, 2.75) is 37.5 Å². The molecule has 1 aromatic carbocycles. The topological polar surface area (TPSA) is 66.4 Å². The van der Waals surface area contributed by atoms with Crippen LogP contribution in [-0.2, 0) is 10.0 Å². The number of benzene rings is 1. The standard InChI is InChI=1S/C16H21NO3S/c1-16(10-2-3-11-16)13-17-21(19,20)15-8-6-14(7-9-15)5-4-12-18/h6-9,17-18H,2-3,10-13H2,1H3. The Morgan fingerprint density at radius 2 is 1.86 bits per heavy atom. The van der Waals surface area contributed by atoms with Gasteiger partial charge in [-0.25, -0.2) is 13.1 Å². The molecular weight excluding hydrogens is 286 g/mol. The van der Waals surface area contributed by atoms with E-state index in [1.54, 1.807) is 24.3 Å². The molecule has 1 aliphatic carbocycles. The number of aliphatic hydroxyl groups is 1. The van der Waals surface area contributed by atoms with Crippen LogP contribution in [0.25, 0.3) is 0 Å². The minimum atomic E-state index is -3.47. The Labute approximate surface area is 126 Å². The summed E-state index contributed by atoms with van der Waals surface area (Å²) in [4.78, 5) is 0.249. The largest absolute Gasteiger partial charge is 0.384 e. The van der Waals surface area contributed by atoms with Gasteiger partial charge in [-0.2, -0.15) is 0 Å². The summed E-state index contributed by atoms with van der Waals surface area (Å²) >= 11 is 0. The Morgan fingerprint density at radius 1 is 1.24 bits per heavy atom. The zero-order valence-electron chi connectivity index (χ0n) is 12.2. The molecule has 2 rings (SSSR count). The van der Waals surface area contributed by atoms with E-state index < -0.39 is 10.0 Å². The van der Waals surface area contributed by atoms with Crippen LogP contribution in [0, 0.1) is 17.3 Å². The molecule has 1 saturated carbocycles. The molecule has 114 valence electrons. The third kappa shape index (κ3) is 4.31. The molecular formula is C16H21NO3S. The van der Waals surface area contributed by atoms with Crippen LogP contribution in [0.15, 0.2) is 29.2 Å². The molecule has 2 N–H and O–H groups in total. The Kier molecular flexibility index (Phi) is 5.04. The quantitative estimate of drug-likeness (QED) is 0.835. The third-order valence-corrected chi connectivity index (χ3v) is 5.39. The summed E-state index contributed by atoms with van der Waals surface area (Å²) in [7, 11) is -3.47. The highest BCUT2D eigenvalue weighted by Gasteiger charge is 2.30. The van der Waals surface area contributed by atoms with E-state index in [9.17, 15) is 8.42 Å². The van der Waals surface area contributed by atoms with Crippen molar-refractivity contribution in [2.75, 3.05) is 13.2 Å². The lowest BCUT2D eigenvalue weighted by Crippen LogP contribution is -2.34. The molecule has 1 aromatic rings. The maximum Gasteiger partial charge on any atom is 0.240 e. The Morgan fingerprint density at radius 3 is 2.43 bits per heavy atom. The monoisotopic (exact) mass is 307 g/mol. The van der Waals surface area contributed by atoms with Crippen LogP contribution < -0.4 is 4.72 Å². The molecule has 0 amide bonds. The van der Waals surface area contributed by atoms with Gasteiger partial charge >= 0.3 is 0 Å². The SMILES string of the molecule is CC1(CNS(=O)(=O)c2ccc(C#CCO)cc2)CCCC1. The summed E-state index contributed by atoms with van der Waals surface area (Å²) in [5.74, 6) is 5.27. The highest BCUT2D eigenvalue weighted by atomic mass is 32.2. The molecule has 5 heteroatoms. The first kappa shape index (κ1) is 16.0. The first-order valence-electron chi connectivity index (χ1n) is 7.15. The van der Waals surface area contributed by atoms with Gasteiger partial charge in [0, 0.05) is 12.1 Å². The second kappa shape index (κ2) is 6.61. The van der Waals surface area contributed by atoms with Crippen molar-refractivity contribution < 1.29 is 13.5 Å². The summed E-state index contributed by atoms with van der Waals surface area (Å²) < 4.78 is 27.3. The Balaban J connectivity index is 2.05. The van der Waals surface area contributed by atoms with Crippen molar-refractivity contribution in [1.82, 2.24) is 4.72 Å². The predicted octanol–water partition coefficient (Wildman–Crippen LogP) is 1.89. The Hall–Kier alpha value is -1.35. The van der Waals surface area contributed by atoms with Crippen LogP contribution in [0.1, 0.15) is 38.2 Å². The molecule has 1 fully saturated rings. The van der Waals surface area contributed by atoms with Gasteiger partial charge in [-0.3, -0.25) is 0 Å². The van der Waals surface area contributed by atoms with Gasteiger partial charge in [0.25, 0.3) is 0 Å². The maximum atomic E-state index is 12.3. The zero-order chi connectivity index (χ0) is 15.3. The minimum absolute atomic E-state index is 0.0829. The molecule has 4 nitrogen and oxygen atoms in total. The van der Waals surface area contributed by atoms with Crippen molar-refractivity contribution in [2.24, 2.45) is 5.41 Å². The second-order valence-electron chi connectivity index (χ2n) is 5.83. The Bertz CT molecular complexity index is 632. The molecule has 0 bridgehead atoms. The molecule has 0 saturated heterocycles. The van der Waals surface area contributed by atoms with Gasteiger partial charge in [0.2, 0.25) is 10.0 Å². The van der Waals surface area contributed by atoms with Crippen molar-refractivity contribution in [3.05, 3.63) is 29.8 Å². The normalized spacial score (nSPS) is 17.2. The number of sulfonamides is 1. The van der Waals surface area contributed by atoms with E-state index in [2.05, 4.69) is 23.5 Å². The number of hydrogen-bond acceptors (Lipinski definition) is 3. The number of aliphatic hydroxyl groups excluding tert-OH is 1. The highest BCUT2D eigenvalue weighted by Crippen LogP contribution is 2.36. The average molecular weight is 307 g/mol. The van der Waals surface area contributed by atoms with E-state index in [0.717, 1.165) is 12.8 Å². The van der Waals surface area contributed by atoms with Crippen LogP contribution in [0.4, 0.5) is 0 Å². The third-order valence-electron chi connectivity index (χ3n) is 3.98. The van der Waals surface area contributed by atoms with Gasteiger partial charge in [0.1, 0.15) is 6.61 Å². The summed E-state index contributed by atoms with van der Waals surface area (Å²) in [6.07, 6.45) is 4.50. The van der Waals surface area contributed by atoms with Gasteiger partial charge in [-0.1, -0.05) is 31.6 Å². The number of nitrogens with one attached hydrogen (secondary N) is 1. The second-order valence-corrected chi connectivity index (χ2v) is 7.59. The molecule has 0 unspecified atom stereocenters. The van der Waals surface area contributed by atoms with Crippen LogP contribution in [-0.4, -0.2) is 26.7 Å². The number of hydrogen-bond donors (Lipinski definition) is 2. The van der Waals surface area contributed by atoms with Gasteiger partial charge in [-0.15, -0.1) is 0 Å². The summed E-state index contributed by atoms with van der Waals surface area (Å²) in [6, 6.07) is 6.38. The molecule has 1 aliphatic rings. The van der Waals surface area contributed by atoms with Crippen LogP contribution >= 0.6 is 0 Å². The summed E-state index contributed by atoms with van der Waals surface area (Å²) in [5, 5.41) is 8.63. The van der Waals surface area contributed by atoms with E-state index in [4.69, 9.17) is 5.11 Å². The molecule has 0 aliphatic heterocycles. The molecule has 0 atom stereocenters. The summed E-state index contributed by atoms with van der Waals surface area (Å²) in [5.41, 5.74) is 0.769. The van der Waals surface area contributed by atoms with E-state index >= 15 is 0 Å². The summed E-state index contributed by atoms with van der Waals surface area (Å²) in [6.45, 7) is 2.41. The fraction of sp³-hybridized carbons (Fsp3) is 0.500. The lowest BCUT2D eigenvalue weighted by molar-refractivity contribution is 0.336. The van der Waals surface area contributed by atoms with E-state index in [1.165, 1.54) is 12.8 Å². The van der Waals surface area contributed by atoms with Gasteiger partial charge in [-0.05, 0) is 42.5 Å². The first-order chi connectivity index (χ1) is 9.95. The van der Waals surface area contributed by atoms with Crippen LogP contribution in [0.3, 0.4) is 0 Å². The van der Waals surface area contributed by atoms with Gasteiger partial charge < -0.3 is 5.11 Å². The average Bonchev–Trinajstić information content (AvgIpc) is 2.91. The van der Waals surface area contributed by atoms with E-state index in [0.29, 0.717) is 12.1 Å². The van der Waals surface area contributed by atoms with Crippen molar-refractivity contribution in [3.8, 4) is 11.8 Å². The maximum absolute atomic E-state index is 12.3. The highest BCUT2D eigenvalue weighted by molar-refractivity contribution is 7.89. The van der Waals surface area contributed by atoms with Crippen molar-refractivity contribution >= 4 is 10.0 Å². The first-order valence-corrected chi connectivity index (χ1v) is 8.63. The van der Waals surface area contributed by atoms with Gasteiger partial charge in [0.15, 0.2) is 0 Å². The van der Waals surface area contributed by atoms with E-state index in [1.807, 2.05) is 0 Å². The predicted molar refractivity (Wildman–Crippen MR) is 82.2 cm³/mol. The lowest BCUT2D eigenvalue weighted by atomic mass is 9.89. The molecule has 0 radical (unpaired) electrons. The zero-order valence-corrected chi connectivity index (χ0v) is 13.0. The molecule has 21 heavy (non-hydrogen) atoms. The number of rotatable bonds is 4. The van der Waals surface area contributed by atoms with Crippen molar-refractivity contribution in [1.29, 1.82) is 0 Å². The molecule has 0 spiro atoms. The van der Waals surface area contributed by atoms with Crippen LogP contribution in [0.2, 0.25) is 0 Å². The fourth-order valence-electron chi connectivity index (χ4n) is 2.62. The lowest BCUT2D eigenvalue weighted by Gasteiger charge is -2.23. The van der Waals surface area contributed by atoms with E-state index in [-0.39, 0.29) is 16.9 Å². The van der Waals surface area contributed by atoms with Crippen LogP contribution in [0.5, 0.6) is 0 Å². The smallest absolute Gasteiger partial charge is 0.240 e.